The van der Waals surface area contributed by atoms with Crippen LogP contribution in [0.2, 0.25) is 0 Å². The maximum Gasteiger partial charge on any atom is 0.393 e. The largest absolute Gasteiger partial charge is 0.481 e. The summed E-state index contributed by atoms with van der Waals surface area (Å²) in [6.07, 6.45) is -5.64. The van der Waals surface area contributed by atoms with Crippen LogP contribution >= 0.6 is 0 Å². The van der Waals surface area contributed by atoms with Crippen LogP contribution in [0.15, 0.2) is 24.3 Å². The lowest BCUT2D eigenvalue weighted by Crippen LogP contribution is -2.46. The summed E-state index contributed by atoms with van der Waals surface area (Å²) in [6, 6.07) is 6.14. The van der Waals surface area contributed by atoms with Crippen LogP contribution in [-0.2, 0) is 17.8 Å². The molecule has 7 heteroatoms. The van der Waals surface area contributed by atoms with Crippen molar-refractivity contribution in [2.75, 3.05) is 13.1 Å². The van der Waals surface area contributed by atoms with Gasteiger partial charge in [0.1, 0.15) is 0 Å². The lowest BCUT2D eigenvalue weighted by molar-refractivity contribution is -0.149. The number of carboxylic acid groups (broad SMARTS) is 1. The minimum Gasteiger partial charge on any atom is -0.481 e. The van der Waals surface area contributed by atoms with E-state index < -0.39 is 30.6 Å². The average Bonchev–Trinajstić information content (AvgIpc) is 2.41. The highest BCUT2D eigenvalue weighted by atomic mass is 19.4. The zero-order valence-electron chi connectivity index (χ0n) is 11.9. The monoisotopic (exact) mass is 317 g/mol. The molecule has 2 N–H and O–H groups in total. The zero-order chi connectivity index (χ0) is 16.3. The van der Waals surface area contributed by atoms with Gasteiger partial charge in [-0.15, -0.1) is 0 Å². The van der Waals surface area contributed by atoms with Gasteiger partial charge < -0.3 is 10.2 Å². The minimum absolute atomic E-state index is 0.203. The number of alkyl halides is 3. The van der Waals surface area contributed by atoms with Crippen molar-refractivity contribution in [2.24, 2.45) is 5.92 Å². The Bertz CT molecular complexity index is 516. The molecule has 1 aromatic carbocycles. The fourth-order valence-electron chi connectivity index (χ4n) is 2.65. The number of aliphatic hydroxyl groups excluding tert-OH is 1. The highest BCUT2D eigenvalue weighted by Crippen LogP contribution is 2.23. The summed E-state index contributed by atoms with van der Waals surface area (Å²) in [5, 5.41) is 18.7. The molecule has 0 unspecified atom stereocenters. The summed E-state index contributed by atoms with van der Waals surface area (Å²) in [4.78, 5) is 12.9. The van der Waals surface area contributed by atoms with Gasteiger partial charge in [0.2, 0.25) is 0 Å². The molecule has 0 saturated carbocycles. The van der Waals surface area contributed by atoms with Crippen molar-refractivity contribution in [2.45, 2.75) is 31.7 Å². The molecular formula is C15H18F3NO3. The predicted octanol–water partition coefficient (Wildman–Crippen LogP) is 2.06. The summed E-state index contributed by atoms with van der Waals surface area (Å²) < 4.78 is 36.8. The standard InChI is InChI=1S/C15H18F3NO3/c16-15(17,18)7-10-1-3-11(4-2-10)8-19-6-5-13(20)12(9-19)14(21)22/h1-4,12-13,20H,5-9H2,(H,21,22)/t12-,13+/m1/s1. The van der Waals surface area contributed by atoms with Crippen molar-refractivity contribution in [3.8, 4) is 0 Å². The Hall–Kier alpha value is -1.60. The highest BCUT2D eigenvalue weighted by Gasteiger charge is 2.33. The second kappa shape index (κ2) is 6.66. The van der Waals surface area contributed by atoms with Crippen LogP contribution in [0.1, 0.15) is 17.5 Å². The maximum absolute atomic E-state index is 12.3. The van der Waals surface area contributed by atoms with Crippen molar-refractivity contribution in [1.82, 2.24) is 4.90 Å². The van der Waals surface area contributed by atoms with E-state index in [9.17, 15) is 23.1 Å². The molecule has 0 aromatic heterocycles. The van der Waals surface area contributed by atoms with E-state index in [0.29, 0.717) is 19.5 Å². The normalized spacial score (nSPS) is 23.5. The van der Waals surface area contributed by atoms with Crippen LogP contribution in [0.3, 0.4) is 0 Å². The molecule has 1 aromatic rings. The summed E-state index contributed by atoms with van der Waals surface area (Å²) in [5.74, 6) is -1.85. The van der Waals surface area contributed by atoms with Crippen LogP contribution in [-0.4, -0.2) is 46.5 Å². The fourth-order valence-corrected chi connectivity index (χ4v) is 2.65. The Balaban J connectivity index is 1.95. The Morgan fingerprint density at radius 3 is 2.36 bits per heavy atom. The van der Waals surface area contributed by atoms with E-state index in [1.165, 1.54) is 12.1 Å². The van der Waals surface area contributed by atoms with Crippen LogP contribution in [0.4, 0.5) is 13.2 Å². The van der Waals surface area contributed by atoms with E-state index in [4.69, 9.17) is 5.11 Å². The minimum atomic E-state index is -4.22. The highest BCUT2D eigenvalue weighted by molar-refractivity contribution is 5.71. The number of aliphatic carboxylic acids is 1. The number of aliphatic hydroxyl groups is 1. The number of piperidine rings is 1. The number of hydrogen-bond acceptors (Lipinski definition) is 3. The number of carbonyl (C=O) groups is 1. The first kappa shape index (κ1) is 16.8. The first-order valence-electron chi connectivity index (χ1n) is 7.02. The number of halogens is 3. The van der Waals surface area contributed by atoms with Crippen molar-refractivity contribution in [1.29, 1.82) is 0 Å². The van der Waals surface area contributed by atoms with Gasteiger partial charge in [-0.25, -0.2) is 0 Å². The number of benzene rings is 1. The van der Waals surface area contributed by atoms with E-state index in [0.717, 1.165) is 5.56 Å². The van der Waals surface area contributed by atoms with Crippen LogP contribution in [0.25, 0.3) is 0 Å². The zero-order valence-corrected chi connectivity index (χ0v) is 11.9. The van der Waals surface area contributed by atoms with E-state index in [1.807, 2.05) is 4.90 Å². The summed E-state index contributed by atoms with van der Waals surface area (Å²) >= 11 is 0. The molecule has 0 radical (unpaired) electrons. The molecule has 1 fully saturated rings. The summed E-state index contributed by atoms with van der Waals surface area (Å²) in [6.45, 7) is 1.26. The molecule has 1 aliphatic rings. The third-order valence-corrected chi connectivity index (χ3v) is 3.81. The first-order chi connectivity index (χ1) is 10.2. The molecule has 1 aliphatic heterocycles. The number of rotatable bonds is 4. The molecule has 1 heterocycles. The van der Waals surface area contributed by atoms with Gasteiger partial charge in [-0.3, -0.25) is 9.69 Å². The van der Waals surface area contributed by atoms with Crippen LogP contribution in [0, 0.1) is 5.92 Å². The Morgan fingerprint density at radius 1 is 1.23 bits per heavy atom. The number of carboxylic acids is 1. The quantitative estimate of drug-likeness (QED) is 0.892. The number of nitrogens with zero attached hydrogens (tertiary/aromatic N) is 1. The average molecular weight is 317 g/mol. The molecule has 0 bridgehead atoms. The fraction of sp³-hybridized carbons (Fsp3) is 0.533. The maximum atomic E-state index is 12.3. The third kappa shape index (κ3) is 4.71. The van der Waals surface area contributed by atoms with E-state index in [2.05, 4.69) is 0 Å². The van der Waals surface area contributed by atoms with Crippen molar-refractivity contribution in [3.05, 3.63) is 35.4 Å². The van der Waals surface area contributed by atoms with Gasteiger partial charge >= 0.3 is 12.1 Å². The second-order valence-electron chi connectivity index (χ2n) is 5.64. The molecule has 1 saturated heterocycles. The Morgan fingerprint density at radius 2 is 1.82 bits per heavy atom. The van der Waals surface area contributed by atoms with E-state index in [-0.39, 0.29) is 12.1 Å². The lowest BCUT2D eigenvalue weighted by Gasteiger charge is -2.34. The van der Waals surface area contributed by atoms with Gasteiger partial charge in [0, 0.05) is 19.6 Å². The SMILES string of the molecule is O=C(O)[C@@H]1CN(Cc2ccc(CC(F)(F)F)cc2)CC[C@@H]1O. The molecule has 0 spiro atoms. The van der Waals surface area contributed by atoms with E-state index >= 15 is 0 Å². The third-order valence-electron chi connectivity index (χ3n) is 3.81. The topological polar surface area (TPSA) is 60.8 Å². The molecule has 0 amide bonds. The van der Waals surface area contributed by atoms with Crippen LogP contribution in [0.5, 0.6) is 0 Å². The first-order valence-corrected chi connectivity index (χ1v) is 7.02. The van der Waals surface area contributed by atoms with E-state index in [1.54, 1.807) is 12.1 Å². The van der Waals surface area contributed by atoms with Crippen molar-refractivity contribution >= 4 is 5.97 Å². The molecule has 0 aliphatic carbocycles. The predicted molar refractivity (Wildman–Crippen MR) is 73.2 cm³/mol. The van der Waals surface area contributed by atoms with Gasteiger partial charge in [0.25, 0.3) is 0 Å². The van der Waals surface area contributed by atoms with Crippen molar-refractivity contribution < 1.29 is 28.2 Å². The lowest BCUT2D eigenvalue weighted by atomic mass is 9.94. The van der Waals surface area contributed by atoms with Gasteiger partial charge in [-0.2, -0.15) is 13.2 Å². The molecule has 2 atom stereocenters. The molecule has 2 rings (SSSR count). The van der Waals surface area contributed by atoms with Crippen molar-refractivity contribution in [3.63, 3.8) is 0 Å². The van der Waals surface area contributed by atoms with Gasteiger partial charge in [-0.1, -0.05) is 24.3 Å². The molecule has 122 valence electrons. The second-order valence-corrected chi connectivity index (χ2v) is 5.64. The number of likely N-dealkylation sites (tertiary alicyclic amines) is 1. The van der Waals surface area contributed by atoms with Gasteiger partial charge in [0.05, 0.1) is 18.4 Å². The molecular weight excluding hydrogens is 299 g/mol. The Kier molecular flexibility index (Phi) is 5.08. The molecule has 4 nitrogen and oxygen atoms in total. The summed E-state index contributed by atoms with van der Waals surface area (Å²) in [5.41, 5.74) is 1.03. The smallest absolute Gasteiger partial charge is 0.393 e. The molecule has 22 heavy (non-hydrogen) atoms. The van der Waals surface area contributed by atoms with Gasteiger partial charge in [-0.05, 0) is 17.5 Å². The number of hydrogen-bond donors (Lipinski definition) is 2. The Labute approximate surface area is 126 Å². The van der Waals surface area contributed by atoms with Crippen LogP contribution < -0.4 is 0 Å². The van der Waals surface area contributed by atoms with Gasteiger partial charge in [0.15, 0.2) is 0 Å². The summed E-state index contributed by atoms with van der Waals surface area (Å²) in [7, 11) is 0.